The molecule has 0 radical (unpaired) electrons. The molecule has 1 N–H and O–H groups in total. The summed E-state index contributed by atoms with van der Waals surface area (Å²) >= 11 is 0. The van der Waals surface area contributed by atoms with Crippen molar-refractivity contribution in [3.63, 3.8) is 0 Å². The van der Waals surface area contributed by atoms with E-state index in [9.17, 15) is 4.39 Å². The van der Waals surface area contributed by atoms with Gasteiger partial charge in [0.1, 0.15) is 5.82 Å². The Balaban J connectivity index is 1.60. The molecule has 1 aliphatic carbocycles. The fourth-order valence-corrected chi connectivity index (χ4v) is 2.74. The van der Waals surface area contributed by atoms with Crippen molar-refractivity contribution in [2.75, 3.05) is 11.9 Å². The Labute approximate surface area is 124 Å². The zero-order valence-corrected chi connectivity index (χ0v) is 12.1. The van der Waals surface area contributed by atoms with Crippen molar-refractivity contribution >= 4 is 5.69 Å². The first-order chi connectivity index (χ1) is 10.3. The van der Waals surface area contributed by atoms with Crippen molar-refractivity contribution in [1.82, 2.24) is 4.98 Å². The van der Waals surface area contributed by atoms with Gasteiger partial charge in [0.05, 0.1) is 12.3 Å². The fourth-order valence-electron chi connectivity index (χ4n) is 2.74. The predicted octanol–water partition coefficient (Wildman–Crippen LogP) is 3.98. The van der Waals surface area contributed by atoms with Crippen LogP contribution in [0, 0.1) is 5.82 Å². The van der Waals surface area contributed by atoms with Gasteiger partial charge in [-0.2, -0.15) is 0 Å². The first-order valence-electron chi connectivity index (χ1n) is 7.36. The Morgan fingerprint density at radius 3 is 2.90 bits per heavy atom. The molecule has 1 saturated carbocycles. The molecule has 1 aliphatic rings. The second kappa shape index (κ2) is 6.12. The van der Waals surface area contributed by atoms with Gasteiger partial charge in [0.2, 0.25) is 5.88 Å². The van der Waals surface area contributed by atoms with E-state index < -0.39 is 0 Å². The molecular weight excluding hydrogens is 267 g/mol. The van der Waals surface area contributed by atoms with Crippen molar-refractivity contribution < 1.29 is 9.13 Å². The summed E-state index contributed by atoms with van der Waals surface area (Å²) in [6.07, 6.45) is 3.74. The number of nitrogens with zero attached hydrogens (tertiary/aromatic N) is 1. The van der Waals surface area contributed by atoms with E-state index in [1.807, 2.05) is 25.1 Å². The van der Waals surface area contributed by atoms with Crippen molar-refractivity contribution in [1.29, 1.82) is 0 Å². The van der Waals surface area contributed by atoms with Gasteiger partial charge in [0.15, 0.2) is 0 Å². The van der Waals surface area contributed by atoms with Crippen LogP contribution in [0.25, 0.3) is 0 Å². The van der Waals surface area contributed by atoms with E-state index in [-0.39, 0.29) is 5.82 Å². The largest absolute Gasteiger partial charge is 0.476 e. The molecular formula is C17H19FN2O. The van der Waals surface area contributed by atoms with Crippen LogP contribution in [0.15, 0.2) is 42.6 Å². The van der Waals surface area contributed by atoms with Crippen LogP contribution in [0.4, 0.5) is 10.1 Å². The lowest BCUT2D eigenvalue weighted by Gasteiger charge is -2.37. The molecule has 4 heteroatoms. The van der Waals surface area contributed by atoms with Gasteiger partial charge < -0.3 is 10.1 Å². The molecule has 3 rings (SSSR count). The first kappa shape index (κ1) is 13.9. The first-order valence-corrected chi connectivity index (χ1v) is 7.36. The zero-order valence-electron chi connectivity index (χ0n) is 12.1. The van der Waals surface area contributed by atoms with E-state index in [1.165, 1.54) is 6.07 Å². The average Bonchev–Trinajstić information content (AvgIpc) is 2.44. The summed E-state index contributed by atoms with van der Waals surface area (Å²) in [7, 11) is 0. The summed E-state index contributed by atoms with van der Waals surface area (Å²) in [4.78, 5) is 4.23. The third-order valence-corrected chi connectivity index (χ3v) is 3.87. The summed E-state index contributed by atoms with van der Waals surface area (Å²) in [5.74, 6) is 0.925. The van der Waals surface area contributed by atoms with E-state index in [1.54, 1.807) is 18.3 Å². The topological polar surface area (TPSA) is 34.1 Å². The Bertz CT molecular complexity index is 611. The van der Waals surface area contributed by atoms with Crippen molar-refractivity contribution in [3.05, 3.63) is 54.0 Å². The maximum Gasteiger partial charge on any atom is 0.237 e. The Kier molecular flexibility index (Phi) is 4.04. The van der Waals surface area contributed by atoms with Crippen LogP contribution in [-0.2, 0) is 0 Å². The highest BCUT2D eigenvalue weighted by Gasteiger charge is 2.30. The highest BCUT2D eigenvalue weighted by molar-refractivity contribution is 5.53. The fraction of sp³-hybridized carbons (Fsp3) is 0.353. The number of rotatable bonds is 5. The lowest BCUT2D eigenvalue weighted by Crippen LogP contribution is -2.34. The maximum absolute atomic E-state index is 13.2. The number of anilines is 1. The molecule has 0 aliphatic heterocycles. The third kappa shape index (κ3) is 3.15. The maximum atomic E-state index is 13.2. The molecule has 110 valence electrons. The van der Waals surface area contributed by atoms with Gasteiger partial charge >= 0.3 is 0 Å². The van der Waals surface area contributed by atoms with Crippen LogP contribution < -0.4 is 10.1 Å². The number of hydrogen-bond acceptors (Lipinski definition) is 3. The molecule has 1 aromatic heterocycles. The summed E-state index contributed by atoms with van der Waals surface area (Å²) in [5.41, 5.74) is 2.02. The summed E-state index contributed by atoms with van der Waals surface area (Å²) in [6, 6.07) is 11.2. The molecule has 21 heavy (non-hydrogen) atoms. The van der Waals surface area contributed by atoms with Gasteiger partial charge in [0.25, 0.3) is 0 Å². The van der Waals surface area contributed by atoms with E-state index in [2.05, 4.69) is 10.3 Å². The molecule has 0 atom stereocenters. The predicted molar refractivity (Wildman–Crippen MR) is 81.2 cm³/mol. The summed E-state index contributed by atoms with van der Waals surface area (Å²) in [5, 5.41) is 3.46. The minimum absolute atomic E-state index is 0.158. The molecule has 0 spiro atoms. The summed E-state index contributed by atoms with van der Waals surface area (Å²) in [6.45, 7) is 2.55. The number of aromatic nitrogens is 1. The van der Waals surface area contributed by atoms with E-state index in [4.69, 9.17) is 4.74 Å². The van der Waals surface area contributed by atoms with Crippen LogP contribution in [-0.4, -0.2) is 17.6 Å². The highest BCUT2D eigenvalue weighted by Crippen LogP contribution is 2.39. The van der Waals surface area contributed by atoms with E-state index in [0.717, 1.165) is 24.1 Å². The second-order valence-corrected chi connectivity index (χ2v) is 5.35. The standard InChI is InChI=1S/C17H19FN2O/c1-2-21-17-16(7-4-8-19-17)20-15-10-13(11-15)12-5-3-6-14(18)9-12/h3-9,13,15,20H,2,10-11H2,1H3. The second-order valence-electron chi connectivity index (χ2n) is 5.35. The number of ether oxygens (including phenoxy) is 1. The molecule has 0 amide bonds. The smallest absolute Gasteiger partial charge is 0.237 e. The lowest BCUT2D eigenvalue weighted by atomic mass is 9.76. The molecule has 0 saturated heterocycles. The number of hydrogen-bond donors (Lipinski definition) is 1. The third-order valence-electron chi connectivity index (χ3n) is 3.87. The summed E-state index contributed by atoms with van der Waals surface area (Å²) < 4.78 is 18.7. The van der Waals surface area contributed by atoms with Gasteiger partial charge in [0, 0.05) is 12.2 Å². The monoisotopic (exact) mass is 286 g/mol. The number of benzene rings is 1. The average molecular weight is 286 g/mol. The molecule has 0 unspecified atom stereocenters. The quantitative estimate of drug-likeness (QED) is 0.902. The van der Waals surface area contributed by atoms with Gasteiger partial charge in [-0.3, -0.25) is 0 Å². The Morgan fingerprint density at radius 1 is 1.29 bits per heavy atom. The molecule has 1 fully saturated rings. The van der Waals surface area contributed by atoms with Crippen molar-refractivity contribution in [2.24, 2.45) is 0 Å². The van der Waals surface area contributed by atoms with Crippen LogP contribution in [0.2, 0.25) is 0 Å². The number of pyridine rings is 1. The van der Waals surface area contributed by atoms with Crippen LogP contribution in [0.5, 0.6) is 5.88 Å². The van der Waals surface area contributed by atoms with Gasteiger partial charge in [-0.05, 0) is 55.5 Å². The van der Waals surface area contributed by atoms with Crippen molar-refractivity contribution in [3.8, 4) is 5.88 Å². The van der Waals surface area contributed by atoms with Gasteiger partial charge in [-0.1, -0.05) is 12.1 Å². The van der Waals surface area contributed by atoms with Gasteiger partial charge in [-0.25, -0.2) is 9.37 Å². The van der Waals surface area contributed by atoms with Crippen LogP contribution in [0.1, 0.15) is 31.2 Å². The normalized spacial score (nSPS) is 20.7. The van der Waals surface area contributed by atoms with E-state index in [0.29, 0.717) is 24.4 Å². The zero-order chi connectivity index (χ0) is 14.7. The highest BCUT2D eigenvalue weighted by atomic mass is 19.1. The van der Waals surface area contributed by atoms with Crippen LogP contribution >= 0.6 is 0 Å². The Morgan fingerprint density at radius 2 is 2.14 bits per heavy atom. The minimum atomic E-state index is -0.158. The molecule has 3 nitrogen and oxygen atoms in total. The van der Waals surface area contributed by atoms with Crippen molar-refractivity contribution in [2.45, 2.75) is 31.7 Å². The molecule has 1 aromatic carbocycles. The van der Waals surface area contributed by atoms with Gasteiger partial charge in [-0.15, -0.1) is 0 Å². The molecule has 2 aromatic rings. The Hall–Kier alpha value is -2.10. The molecule has 1 heterocycles. The number of halogens is 1. The van der Waals surface area contributed by atoms with Crippen LogP contribution in [0.3, 0.4) is 0 Å². The lowest BCUT2D eigenvalue weighted by molar-refractivity contribution is 0.325. The minimum Gasteiger partial charge on any atom is -0.476 e. The molecule has 0 bridgehead atoms. The van der Waals surface area contributed by atoms with E-state index >= 15 is 0 Å². The SMILES string of the molecule is CCOc1ncccc1NC1CC(c2cccc(F)c2)C1. The number of nitrogens with one attached hydrogen (secondary N) is 1.